The third-order valence-electron chi connectivity index (χ3n) is 4.67. The van der Waals surface area contributed by atoms with E-state index in [-0.39, 0.29) is 5.41 Å². The van der Waals surface area contributed by atoms with Crippen LogP contribution < -0.4 is 5.73 Å². The molecule has 2 fully saturated rings. The van der Waals surface area contributed by atoms with Crippen molar-refractivity contribution >= 4 is 5.91 Å². The SMILES string of the molecule is CC(C)(C)CCC(=O)N1CC2(CCN(CN)CC2)C1. The van der Waals surface area contributed by atoms with Gasteiger partial charge < -0.3 is 10.6 Å². The summed E-state index contributed by atoms with van der Waals surface area (Å²) in [6.07, 6.45) is 4.09. The molecule has 4 nitrogen and oxygen atoms in total. The number of nitrogens with two attached hydrogens (primary N) is 1. The predicted octanol–water partition coefficient (Wildman–Crippen LogP) is 1.65. The van der Waals surface area contributed by atoms with Crippen molar-refractivity contribution in [2.24, 2.45) is 16.6 Å². The topological polar surface area (TPSA) is 49.6 Å². The highest BCUT2D eigenvalue weighted by Gasteiger charge is 2.46. The average Bonchev–Trinajstić information content (AvgIpc) is 2.32. The van der Waals surface area contributed by atoms with E-state index < -0.39 is 0 Å². The molecular formula is C15H29N3O. The summed E-state index contributed by atoms with van der Waals surface area (Å²) in [6.45, 7) is 11.4. The molecule has 0 bridgehead atoms. The van der Waals surface area contributed by atoms with Crippen LogP contribution in [0.5, 0.6) is 0 Å². The van der Waals surface area contributed by atoms with Gasteiger partial charge in [0, 0.05) is 44.7 Å². The second-order valence-electron chi connectivity index (χ2n) is 7.61. The number of likely N-dealkylation sites (tertiary alicyclic amines) is 2. The van der Waals surface area contributed by atoms with Crippen molar-refractivity contribution in [1.29, 1.82) is 0 Å². The van der Waals surface area contributed by atoms with Crippen molar-refractivity contribution in [3.05, 3.63) is 0 Å². The molecule has 0 aliphatic carbocycles. The summed E-state index contributed by atoms with van der Waals surface area (Å²) in [5, 5.41) is 0. The number of nitrogens with zero attached hydrogens (tertiary/aromatic N) is 2. The molecule has 0 aromatic heterocycles. The quantitative estimate of drug-likeness (QED) is 0.846. The third-order valence-corrected chi connectivity index (χ3v) is 4.67. The summed E-state index contributed by atoms with van der Waals surface area (Å²) >= 11 is 0. The molecule has 0 aromatic rings. The second-order valence-corrected chi connectivity index (χ2v) is 7.61. The molecule has 0 atom stereocenters. The minimum atomic E-state index is 0.255. The highest BCUT2D eigenvalue weighted by molar-refractivity contribution is 5.77. The number of rotatable bonds is 3. The molecule has 110 valence electrons. The van der Waals surface area contributed by atoms with Gasteiger partial charge in [0.1, 0.15) is 0 Å². The Morgan fingerprint density at radius 2 is 1.79 bits per heavy atom. The molecule has 2 aliphatic rings. The van der Waals surface area contributed by atoms with Crippen LogP contribution in [0.15, 0.2) is 0 Å². The summed E-state index contributed by atoms with van der Waals surface area (Å²) in [6, 6.07) is 0. The van der Waals surface area contributed by atoms with Gasteiger partial charge in [-0.3, -0.25) is 9.69 Å². The first-order chi connectivity index (χ1) is 8.84. The van der Waals surface area contributed by atoms with Crippen LogP contribution in [0.25, 0.3) is 0 Å². The third kappa shape index (κ3) is 3.69. The molecule has 0 aromatic carbocycles. The Labute approximate surface area is 117 Å². The largest absolute Gasteiger partial charge is 0.341 e. The molecular weight excluding hydrogens is 238 g/mol. The maximum absolute atomic E-state index is 12.1. The normalized spacial score (nSPS) is 23.5. The van der Waals surface area contributed by atoms with E-state index in [9.17, 15) is 4.79 Å². The lowest BCUT2D eigenvalue weighted by Gasteiger charge is -2.54. The van der Waals surface area contributed by atoms with E-state index in [0.717, 1.165) is 32.6 Å². The van der Waals surface area contributed by atoms with E-state index in [1.54, 1.807) is 0 Å². The number of hydrogen-bond acceptors (Lipinski definition) is 3. The molecule has 2 saturated heterocycles. The van der Waals surface area contributed by atoms with E-state index in [4.69, 9.17) is 5.73 Å². The van der Waals surface area contributed by atoms with Crippen molar-refractivity contribution in [2.75, 3.05) is 32.8 Å². The van der Waals surface area contributed by atoms with Crippen LogP contribution in [0, 0.1) is 10.8 Å². The molecule has 2 aliphatic heterocycles. The van der Waals surface area contributed by atoms with Crippen molar-refractivity contribution < 1.29 is 4.79 Å². The van der Waals surface area contributed by atoms with E-state index in [1.807, 2.05) is 0 Å². The minimum Gasteiger partial charge on any atom is -0.341 e. The molecule has 4 heteroatoms. The van der Waals surface area contributed by atoms with E-state index in [0.29, 0.717) is 24.4 Å². The number of carbonyl (C=O) groups excluding carboxylic acids is 1. The minimum absolute atomic E-state index is 0.255. The van der Waals surface area contributed by atoms with Gasteiger partial charge in [-0.05, 0) is 24.7 Å². The number of amides is 1. The number of hydrogen-bond donors (Lipinski definition) is 1. The standard InChI is InChI=1S/C15H29N3O/c1-14(2,3)5-4-13(19)18-10-15(11-18)6-8-17(12-16)9-7-15/h4-12,16H2,1-3H3. The first-order valence-electron chi connectivity index (χ1n) is 7.54. The summed E-state index contributed by atoms with van der Waals surface area (Å²) in [5.74, 6) is 0.349. The summed E-state index contributed by atoms with van der Waals surface area (Å²) in [4.78, 5) is 16.5. The lowest BCUT2D eigenvalue weighted by molar-refractivity contribution is -0.147. The van der Waals surface area contributed by atoms with Crippen molar-refractivity contribution in [3.8, 4) is 0 Å². The molecule has 0 saturated carbocycles. The molecule has 2 rings (SSSR count). The smallest absolute Gasteiger partial charge is 0.222 e. The van der Waals surface area contributed by atoms with Crippen LogP contribution in [0.2, 0.25) is 0 Å². The Hall–Kier alpha value is -0.610. The van der Waals surface area contributed by atoms with Crippen LogP contribution in [0.1, 0.15) is 46.5 Å². The van der Waals surface area contributed by atoms with Crippen molar-refractivity contribution in [2.45, 2.75) is 46.5 Å². The highest BCUT2D eigenvalue weighted by Crippen LogP contribution is 2.40. The Balaban J connectivity index is 1.72. The van der Waals surface area contributed by atoms with Gasteiger partial charge >= 0.3 is 0 Å². The Morgan fingerprint density at radius 3 is 2.26 bits per heavy atom. The van der Waals surface area contributed by atoms with Crippen molar-refractivity contribution in [1.82, 2.24) is 9.80 Å². The second kappa shape index (κ2) is 5.41. The molecule has 1 amide bonds. The number of carbonyl (C=O) groups is 1. The number of piperidine rings is 1. The zero-order chi connectivity index (χ0) is 14.1. The van der Waals surface area contributed by atoms with Gasteiger partial charge in [-0.25, -0.2) is 0 Å². The van der Waals surface area contributed by atoms with Crippen LogP contribution in [-0.2, 0) is 4.79 Å². The molecule has 2 heterocycles. The molecule has 0 unspecified atom stereocenters. The van der Waals surface area contributed by atoms with Gasteiger partial charge in [0.25, 0.3) is 0 Å². The zero-order valence-electron chi connectivity index (χ0n) is 12.7. The monoisotopic (exact) mass is 267 g/mol. The molecule has 1 spiro atoms. The summed E-state index contributed by atoms with van der Waals surface area (Å²) in [5.41, 5.74) is 6.34. The average molecular weight is 267 g/mol. The maximum Gasteiger partial charge on any atom is 0.222 e. The van der Waals surface area contributed by atoms with E-state index in [1.165, 1.54) is 12.8 Å². The van der Waals surface area contributed by atoms with Crippen molar-refractivity contribution in [3.63, 3.8) is 0 Å². The maximum atomic E-state index is 12.1. The van der Waals surface area contributed by atoms with Gasteiger partial charge in [0.05, 0.1) is 0 Å². The molecule has 19 heavy (non-hydrogen) atoms. The van der Waals surface area contributed by atoms with Gasteiger partial charge in [-0.1, -0.05) is 20.8 Å². The first kappa shape index (κ1) is 14.8. The van der Waals surface area contributed by atoms with Crippen LogP contribution in [0.4, 0.5) is 0 Å². The zero-order valence-corrected chi connectivity index (χ0v) is 12.7. The van der Waals surface area contributed by atoms with E-state index in [2.05, 4.69) is 30.6 Å². The molecule has 0 radical (unpaired) electrons. The summed E-state index contributed by atoms with van der Waals surface area (Å²) < 4.78 is 0. The lowest BCUT2D eigenvalue weighted by atomic mass is 9.72. The van der Waals surface area contributed by atoms with Crippen LogP contribution >= 0.6 is 0 Å². The highest BCUT2D eigenvalue weighted by atomic mass is 16.2. The Kier molecular flexibility index (Phi) is 4.21. The first-order valence-corrected chi connectivity index (χ1v) is 7.54. The van der Waals surface area contributed by atoms with Gasteiger partial charge in [-0.2, -0.15) is 0 Å². The Bertz CT molecular complexity index is 319. The molecule has 2 N–H and O–H groups in total. The fourth-order valence-corrected chi connectivity index (χ4v) is 3.11. The summed E-state index contributed by atoms with van der Waals surface area (Å²) in [7, 11) is 0. The van der Waals surface area contributed by atoms with Gasteiger partial charge in [0.15, 0.2) is 0 Å². The Morgan fingerprint density at radius 1 is 1.21 bits per heavy atom. The fraction of sp³-hybridized carbons (Fsp3) is 0.933. The fourth-order valence-electron chi connectivity index (χ4n) is 3.11. The predicted molar refractivity (Wildman–Crippen MR) is 77.6 cm³/mol. The van der Waals surface area contributed by atoms with Gasteiger partial charge in [0.2, 0.25) is 5.91 Å². The van der Waals surface area contributed by atoms with E-state index >= 15 is 0 Å². The van der Waals surface area contributed by atoms with Crippen LogP contribution in [-0.4, -0.2) is 48.6 Å². The van der Waals surface area contributed by atoms with Gasteiger partial charge in [-0.15, -0.1) is 0 Å². The van der Waals surface area contributed by atoms with Crippen LogP contribution in [0.3, 0.4) is 0 Å². The lowest BCUT2D eigenvalue weighted by Crippen LogP contribution is -2.62.